The fourth-order valence-corrected chi connectivity index (χ4v) is 2.71. The van der Waals surface area contributed by atoms with Crippen LogP contribution in [0.15, 0.2) is 48.5 Å². The Hall–Kier alpha value is -2.76. The third kappa shape index (κ3) is 7.17. The summed E-state index contributed by atoms with van der Waals surface area (Å²) < 4.78 is 26.5. The van der Waals surface area contributed by atoms with Gasteiger partial charge in [-0.05, 0) is 42.2 Å². The standard InChI is InChI=1S/C21H24F2N2O2/c1-16(26)25(14-11-18-4-2-3-5-20(18)23)15-12-21(27)24-13-10-17-6-8-19(22)9-7-17/h2-9H,10-15H2,1H3,(H,24,27). The summed E-state index contributed by atoms with van der Waals surface area (Å²) in [6.07, 6.45) is 1.19. The van der Waals surface area contributed by atoms with Crippen LogP contribution in [0.25, 0.3) is 0 Å². The van der Waals surface area contributed by atoms with E-state index in [9.17, 15) is 18.4 Å². The lowest BCUT2D eigenvalue weighted by Gasteiger charge is -2.21. The summed E-state index contributed by atoms with van der Waals surface area (Å²) in [7, 11) is 0. The topological polar surface area (TPSA) is 49.4 Å². The summed E-state index contributed by atoms with van der Waals surface area (Å²) in [5.41, 5.74) is 1.49. The van der Waals surface area contributed by atoms with Gasteiger partial charge in [0, 0.05) is 33.0 Å². The number of amides is 2. The molecule has 2 amide bonds. The van der Waals surface area contributed by atoms with Gasteiger partial charge in [-0.1, -0.05) is 30.3 Å². The van der Waals surface area contributed by atoms with Crippen LogP contribution in [-0.4, -0.2) is 36.3 Å². The molecular formula is C21H24F2N2O2. The molecule has 0 aromatic heterocycles. The van der Waals surface area contributed by atoms with E-state index < -0.39 is 0 Å². The molecule has 2 rings (SSSR count). The van der Waals surface area contributed by atoms with Crippen molar-refractivity contribution < 1.29 is 18.4 Å². The van der Waals surface area contributed by atoms with Crippen LogP contribution in [0.1, 0.15) is 24.5 Å². The van der Waals surface area contributed by atoms with E-state index >= 15 is 0 Å². The van der Waals surface area contributed by atoms with Crippen molar-refractivity contribution in [2.24, 2.45) is 0 Å². The highest BCUT2D eigenvalue weighted by atomic mass is 19.1. The molecule has 0 bridgehead atoms. The first kappa shape index (κ1) is 20.6. The van der Waals surface area contributed by atoms with Crippen LogP contribution in [0.2, 0.25) is 0 Å². The minimum Gasteiger partial charge on any atom is -0.356 e. The summed E-state index contributed by atoms with van der Waals surface area (Å²) >= 11 is 0. The van der Waals surface area contributed by atoms with E-state index in [4.69, 9.17) is 0 Å². The van der Waals surface area contributed by atoms with Gasteiger partial charge in [-0.25, -0.2) is 8.78 Å². The van der Waals surface area contributed by atoms with Gasteiger partial charge in [-0.15, -0.1) is 0 Å². The minimum absolute atomic E-state index is 0.148. The molecule has 0 unspecified atom stereocenters. The van der Waals surface area contributed by atoms with Gasteiger partial charge in [0.1, 0.15) is 11.6 Å². The number of halogens is 2. The van der Waals surface area contributed by atoms with Crippen molar-refractivity contribution in [3.05, 3.63) is 71.3 Å². The predicted molar refractivity (Wildman–Crippen MR) is 100 cm³/mol. The third-order valence-electron chi connectivity index (χ3n) is 4.31. The number of hydrogen-bond donors (Lipinski definition) is 1. The van der Waals surface area contributed by atoms with Gasteiger partial charge in [0.2, 0.25) is 11.8 Å². The Kier molecular flexibility index (Phi) is 7.92. The van der Waals surface area contributed by atoms with E-state index in [0.29, 0.717) is 31.5 Å². The van der Waals surface area contributed by atoms with Gasteiger partial charge in [0.15, 0.2) is 0 Å². The summed E-state index contributed by atoms with van der Waals surface area (Å²) in [6, 6.07) is 12.6. The molecule has 0 aliphatic heterocycles. The van der Waals surface area contributed by atoms with Gasteiger partial charge >= 0.3 is 0 Å². The maximum Gasteiger partial charge on any atom is 0.221 e. The molecule has 4 nitrogen and oxygen atoms in total. The number of rotatable bonds is 9. The zero-order chi connectivity index (χ0) is 19.6. The summed E-state index contributed by atoms with van der Waals surface area (Å²) in [4.78, 5) is 25.3. The second-order valence-corrected chi connectivity index (χ2v) is 6.32. The number of carbonyl (C=O) groups excluding carboxylic acids is 2. The highest BCUT2D eigenvalue weighted by Crippen LogP contribution is 2.08. The largest absolute Gasteiger partial charge is 0.356 e. The van der Waals surface area contributed by atoms with Crippen molar-refractivity contribution in [2.45, 2.75) is 26.2 Å². The maximum atomic E-state index is 13.7. The highest BCUT2D eigenvalue weighted by molar-refractivity contribution is 5.78. The first-order chi connectivity index (χ1) is 13.0. The summed E-state index contributed by atoms with van der Waals surface area (Å²) in [5, 5.41) is 2.79. The molecule has 0 aliphatic rings. The lowest BCUT2D eigenvalue weighted by molar-refractivity contribution is -0.129. The molecule has 0 spiro atoms. The molecule has 0 saturated carbocycles. The maximum absolute atomic E-state index is 13.7. The molecule has 144 valence electrons. The first-order valence-corrected chi connectivity index (χ1v) is 8.96. The lowest BCUT2D eigenvalue weighted by Crippen LogP contribution is -2.35. The number of nitrogens with one attached hydrogen (secondary N) is 1. The Bertz CT molecular complexity index is 763. The van der Waals surface area contributed by atoms with E-state index in [0.717, 1.165) is 5.56 Å². The van der Waals surface area contributed by atoms with Crippen molar-refractivity contribution >= 4 is 11.8 Å². The van der Waals surface area contributed by atoms with Crippen LogP contribution in [0.5, 0.6) is 0 Å². The molecule has 0 radical (unpaired) electrons. The van der Waals surface area contributed by atoms with E-state index in [-0.39, 0.29) is 36.4 Å². The van der Waals surface area contributed by atoms with Crippen molar-refractivity contribution in [1.82, 2.24) is 10.2 Å². The van der Waals surface area contributed by atoms with Crippen LogP contribution < -0.4 is 5.32 Å². The van der Waals surface area contributed by atoms with Crippen LogP contribution in [0.4, 0.5) is 8.78 Å². The Labute approximate surface area is 158 Å². The van der Waals surface area contributed by atoms with Crippen molar-refractivity contribution in [2.75, 3.05) is 19.6 Å². The number of hydrogen-bond acceptors (Lipinski definition) is 2. The predicted octanol–water partition coefficient (Wildman–Crippen LogP) is 3.10. The highest BCUT2D eigenvalue weighted by Gasteiger charge is 2.12. The summed E-state index contributed by atoms with van der Waals surface area (Å²) in [5.74, 6) is -0.887. The van der Waals surface area contributed by atoms with Gasteiger partial charge in [0.05, 0.1) is 0 Å². The molecule has 2 aromatic carbocycles. The monoisotopic (exact) mass is 374 g/mol. The molecule has 1 N–H and O–H groups in total. The van der Waals surface area contributed by atoms with E-state index in [1.807, 2.05) is 0 Å². The fraction of sp³-hybridized carbons (Fsp3) is 0.333. The van der Waals surface area contributed by atoms with Crippen molar-refractivity contribution in [3.63, 3.8) is 0 Å². The molecule has 0 aliphatic carbocycles. The molecule has 6 heteroatoms. The lowest BCUT2D eigenvalue weighted by atomic mass is 10.1. The Morgan fingerprint density at radius 2 is 1.67 bits per heavy atom. The van der Waals surface area contributed by atoms with Gasteiger partial charge in [0.25, 0.3) is 0 Å². The van der Waals surface area contributed by atoms with Gasteiger partial charge in [-0.3, -0.25) is 9.59 Å². The number of nitrogens with zero attached hydrogens (tertiary/aromatic N) is 1. The second-order valence-electron chi connectivity index (χ2n) is 6.32. The first-order valence-electron chi connectivity index (χ1n) is 8.96. The SMILES string of the molecule is CC(=O)N(CCC(=O)NCCc1ccc(F)cc1)CCc1ccccc1F. The van der Waals surface area contributed by atoms with Crippen LogP contribution in [-0.2, 0) is 22.4 Å². The van der Waals surface area contributed by atoms with E-state index in [1.165, 1.54) is 25.1 Å². The van der Waals surface area contributed by atoms with E-state index in [1.54, 1.807) is 35.2 Å². The Morgan fingerprint density at radius 1 is 0.963 bits per heavy atom. The molecule has 2 aromatic rings. The summed E-state index contributed by atoms with van der Waals surface area (Å²) in [6.45, 7) is 2.53. The normalized spacial score (nSPS) is 10.5. The molecule has 27 heavy (non-hydrogen) atoms. The average Bonchev–Trinajstić information content (AvgIpc) is 2.64. The van der Waals surface area contributed by atoms with Crippen LogP contribution in [0.3, 0.4) is 0 Å². The number of benzene rings is 2. The van der Waals surface area contributed by atoms with Gasteiger partial charge in [-0.2, -0.15) is 0 Å². The zero-order valence-electron chi connectivity index (χ0n) is 15.4. The van der Waals surface area contributed by atoms with E-state index in [2.05, 4.69) is 5.32 Å². The van der Waals surface area contributed by atoms with Crippen molar-refractivity contribution in [1.29, 1.82) is 0 Å². The molecule has 0 atom stereocenters. The van der Waals surface area contributed by atoms with Gasteiger partial charge < -0.3 is 10.2 Å². The van der Waals surface area contributed by atoms with Crippen LogP contribution in [0, 0.1) is 11.6 Å². The molecule has 0 heterocycles. The third-order valence-corrected chi connectivity index (χ3v) is 4.31. The minimum atomic E-state index is -0.292. The fourth-order valence-electron chi connectivity index (χ4n) is 2.71. The van der Waals surface area contributed by atoms with Crippen LogP contribution >= 0.6 is 0 Å². The molecular weight excluding hydrogens is 350 g/mol. The average molecular weight is 374 g/mol. The Morgan fingerprint density at radius 3 is 2.33 bits per heavy atom. The zero-order valence-corrected chi connectivity index (χ0v) is 15.4. The molecule has 0 saturated heterocycles. The van der Waals surface area contributed by atoms with Crippen molar-refractivity contribution in [3.8, 4) is 0 Å². The molecule has 0 fully saturated rings. The quantitative estimate of drug-likeness (QED) is 0.733. The Balaban J connectivity index is 1.72. The number of carbonyl (C=O) groups is 2. The smallest absolute Gasteiger partial charge is 0.221 e. The second kappa shape index (κ2) is 10.4.